The predicted molar refractivity (Wildman–Crippen MR) is 73.9 cm³/mol. The van der Waals surface area contributed by atoms with E-state index >= 15 is 0 Å². The third-order valence-electron chi connectivity index (χ3n) is 2.61. The van der Waals surface area contributed by atoms with E-state index in [2.05, 4.69) is 5.32 Å². The first-order valence-corrected chi connectivity index (χ1v) is 6.59. The molecule has 18 heavy (non-hydrogen) atoms. The molecule has 0 fully saturated rings. The van der Waals surface area contributed by atoms with Crippen LogP contribution in [0.5, 0.6) is 0 Å². The van der Waals surface area contributed by atoms with Gasteiger partial charge in [0.1, 0.15) is 6.04 Å². The van der Waals surface area contributed by atoms with E-state index in [9.17, 15) is 4.79 Å². The van der Waals surface area contributed by atoms with Crippen LogP contribution in [0.1, 0.15) is 5.56 Å². The molecular weight excluding hydrogens is 246 g/mol. The minimum absolute atomic E-state index is 0.243. The minimum Gasteiger partial charge on any atom is -0.467 e. The van der Waals surface area contributed by atoms with Crippen molar-refractivity contribution in [2.75, 3.05) is 12.4 Å². The molecule has 0 saturated carbocycles. The molecule has 1 atom stereocenters. The van der Waals surface area contributed by atoms with Crippen LogP contribution in [-0.2, 0) is 16.0 Å². The molecule has 1 N–H and O–H groups in total. The van der Waals surface area contributed by atoms with Gasteiger partial charge in [-0.3, -0.25) is 0 Å². The molecule has 1 aromatic carbocycles. The standard InChI is InChI=1S/C14H15NO2S/c1-17-14(16)12(15-13-8-5-9-18-13)10-11-6-3-2-4-7-11/h2-9,12,15H,10H2,1H3/t12-/m0/s1. The van der Waals surface area contributed by atoms with Gasteiger partial charge in [-0.05, 0) is 23.1 Å². The van der Waals surface area contributed by atoms with Crippen LogP contribution in [0.3, 0.4) is 0 Å². The second-order valence-corrected chi connectivity index (χ2v) is 4.83. The Morgan fingerprint density at radius 3 is 2.67 bits per heavy atom. The molecular formula is C14H15NO2S. The molecule has 1 aromatic heterocycles. The van der Waals surface area contributed by atoms with Crippen LogP contribution in [0.4, 0.5) is 5.00 Å². The molecule has 2 rings (SSSR count). The highest BCUT2D eigenvalue weighted by atomic mass is 32.1. The first-order valence-electron chi connectivity index (χ1n) is 5.71. The highest BCUT2D eigenvalue weighted by Gasteiger charge is 2.19. The first-order chi connectivity index (χ1) is 8.79. The zero-order chi connectivity index (χ0) is 12.8. The summed E-state index contributed by atoms with van der Waals surface area (Å²) in [5.41, 5.74) is 1.11. The smallest absolute Gasteiger partial charge is 0.328 e. The molecule has 0 amide bonds. The highest BCUT2D eigenvalue weighted by molar-refractivity contribution is 7.14. The number of ether oxygens (including phenoxy) is 1. The SMILES string of the molecule is COC(=O)[C@H](Cc1ccccc1)Nc1cccs1. The number of hydrogen-bond acceptors (Lipinski definition) is 4. The molecule has 0 aliphatic carbocycles. The van der Waals surface area contributed by atoms with E-state index in [0.717, 1.165) is 10.6 Å². The Morgan fingerprint density at radius 2 is 2.06 bits per heavy atom. The number of esters is 1. The van der Waals surface area contributed by atoms with Gasteiger partial charge in [0.15, 0.2) is 0 Å². The lowest BCUT2D eigenvalue weighted by Gasteiger charge is -2.16. The van der Waals surface area contributed by atoms with Gasteiger partial charge < -0.3 is 10.1 Å². The number of carbonyl (C=O) groups is 1. The van der Waals surface area contributed by atoms with E-state index in [1.807, 2.05) is 47.8 Å². The Hall–Kier alpha value is -1.81. The number of hydrogen-bond donors (Lipinski definition) is 1. The average Bonchev–Trinajstić information content (AvgIpc) is 2.91. The summed E-state index contributed by atoms with van der Waals surface area (Å²) < 4.78 is 4.84. The molecule has 1 heterocycles. The molecule has 4 heteroatoms. The van der Waals surface area contributed by atoms with Gasteiger partial charge in [0.2, 0.25) is 0 Å². The van der Waals surface area contributed by atoms with Crippen LogP contribution in [-0.4, -0.2) is 19.1 Å². The lowest BCUT2D eigenvalue weighted by molar-refractivity contribution is -0.141. The summed E-state index contributed by atoms with van der Waals surface area (Å²) >= 11 is 1.57. The first kappa shape index (κ1) is 12.6. The fraction of sp³-hybridized carbons (Fsp3) is 0.214. The van der Waals surface area contributed by atoms with Crippen molar-refractivity contribution in [3.8, 4) is 0 Å². The number of rotatable bonds is 5. The van der Waals surface area contributed by atoms with E-state index in [-0.39, 0.29) is 12.0 Å². The zero-order valence-electron chi connectivity index (χ0n) is 10.1. The van der Waals surface area contributed by atoms with Crippen molar-refractivity contribution in [1.82, 2.24) is 0 Å². The van der Waals surface area contributed by atoms with Crippen molar-refractivity contribution >= 4 is 22.3 Å². The molecule has 3 nitrogen and oxygen atoms in total. The number of nitrogens with one attached hydrogen (secondary N) is 1. The Balaban J connectivity index is 2.08. The highest BCUT2D eigenvalue weighted by Crippen LogP contribution is 2.18. The third kappa shape index (κ3) is 3.34. The van der Waals surface area contributed by atoms with E-state index in [1.165, 1.54) is 7.11 Å². The lowest BCUT2D eigenvalue weighted by atomic mass is 10.1. The zero-order valence-corrected chi connectivity index (χ0v) is 10.9. The van der Waals surface area contributed by atoms with Gasteiger partial charge in [-0.1, -0.05) is 30.3 Å². The van der Waals surface area contributed by atoms with Gasteiger partial charge >= 0.3 is 5.97 Å². The van der Waals surface area contributed by atoms with E-state index < -0.39 is 0 Å². The number of carbonyl (C=O) groups excluding carboxylic acids is 1. The summed E-state index contributed by atoms with van der Waals surface area (Å²) in [7, 11) is 1.41. The van der Waals surface area contributed by atoms with Gasteiger partial charge in [-0.25, -0.2) is 4.79 Å². The third-order valence-corrected chi connectivity index (χ3v) is 3.41. The fourth-order valence-corrected chi connectivity index (χ4v) is 2.39. The van der Waals surface area contributed by atoms with Gasteiger partial charge in [0.25, 0.3) is 0 Å². The lowest BCUT2D eigenvalue weighted by Crippen LogP contribution is -2.32. The van der Waals surface area contributed by atoms with E-state index in [0.29, 0.717) is 6.42 Å². The van der Waals surface area contributed by atoms with Gasteiger partial charge in [-0.2, -0.15) is 0 Å². The summed E-state index contributed by atoms with van der Waals surface area (Å²) in [6, 6.07) is 13.5. The van der Waals surface area contributed by atoms with Crippen LogP contribution in [0.25, 0.3) is 0 Å². The molecule has 2 aromatic rings. The maximum Gasteiger partial charge on any atom is 0.328 e. The molecule has 0 saturated heterocycles. The van der Waals surface area contributed by atoms with Crippen molar-refractivity contribution < 1.29 is 9.53 Å². The second-order valence-electron chi connectivity index (χ2n) is 3.89. The normalized spacial score (nSPS) is 11.8. The summed E-state index contributed by atoms with van der Waals surface area (Å²) in [5, 5.41) is 6.15. The summed E-state index contributed by atoms with van der Waals surface area (Å²) in [4.78, 5) is 11.8. The molecule has 0 spiro atoms. The molecule has 0 radical (unpaired) electrons. The Kier molecular flexibility index (Phi) is 4.36. The Bertz CT molecular complexity index is 482. The number of benzene rings is 1. The molecule has 94 valence electrons. The van der Waals surface area contributed by atoms with Gasteiger partial charge in [0.05, 0.1) is 12.1 Å². The maximum atomic E-state index is 11.8. The Labute approximate surface area is 110 Å². The average molecular weight is 261 g/mol. The second kappa shape index (κ2) is 6.21. The van der Waals surface area contributed by atoms with Crippen molar-refractivity contribution in [2.24, 2.45) is 0 Å². The molecule has 0 bridgehead atoms. The monoisotopic (exact) mass is 261 g/mol. The number of anilines is 1. The van der Waals surface area contributed by atoms with Crippen LogP contribution in [0.2, 0.25) is 0 Å². The van der Waals surface area contributed by atoms with Crippen LogP contribution >= 0.6 is 11.3 Å². The van der Waals surface area contributed by atoms with Crippen LogP contribution < -0.4 is 5.32 Å². The van der Waals surface area contributed by atoms with Crippen LogP contribution in [0, 0.1) is 0 Å². The van der Waals surface area contributed by atoms with Gasteiger partial charge in [-0.15, -0.1) is 11.3 Å². The molecule has 0 aliphatic rings. The minimum atomic E-state index is -0.351. The van der Waals surface area contributed by atoms with Crippen molar-refractivity contribution in [2.45, 2.75) is 12.5 Å². The summed E-state index contributed by atoms with van der Waals surface area (Å²) in [5.74, 6) is -0.243. The Morgan fingerprint density at radius 1 is 1.28 bits per heavy atom. The van der Waals surface area contributed by atoms with Crippen molar-refractivity contribution in [1.29, 1.82) is 0 Å². The van der Waals surface area contributed by atoms with E-state index in [1.54, 1.807) is 11.3 Å². The molecule has 0 unspecified atom stereocenters. The maximum absolute atomic E-state index is 11.8. The van der Waals surface area contributed by atoms with Gasteiger partial charge in [0, 0.05) is 6.42 Å². The molecule has 0 aliphatic heterocycles. The van der Waals surface area contributed by atoms with Crippen molar-refractivity contribution in [3.05, 3.63) is 53.4 Å². The topological polar surface area (TPSA) is 38.3 Å². The quantitative estimate of drug-likeness (QED) is 0.841. The van der Waals surface area contributed by atoms with E-state index in [4.69, 9.17) is 4.74 Å². The summed E-state index contributed by atoms with van der Waals surface area (Å²) in [6.07, 6.45) is 0.616. The largest absolute Gasteiger partial charge is 0.467 e. The van der Waals surface area contributed by atoms with Crippen LogP contribution in [0.15, 0.2) is 47.8 Å². The predicted octanol–water partition coefficient (Wildman–Crippen LogP) is 2.94. The van der Waals surface area contributed by atoms with Crippen molar-refractivity contribution in [3.63, 3.8) is 0 Å². The summed E-state index contributed by atoms with van der Waals surface area (Å²) in [6.45, 7) is 0. The number of thiophene rings is 1. The fourth-order valence-electron chi connectivity index (χ4n) is 1.72. The number of methoxy groups -OCH3 is 1.